The first-order chi connectivity index (χ1) is 9.04. The van der Waals surface area contributed by atoms with Crippen molar-refractivity contribution in [1.29, 1.82) is 0 Å². The molecular weight excluding hydrogens is 311 g/mol. The molecule has 0 saturated carbocycles. The highest BCUT2D eigenvalue weighted by Crippen LogP contribution is 2.32. The summed E-state index contributed by atoms with van der Waals surface area (Å²) in [5.74, 6) is -0.253. The molecule has 19 heavy (non-hydrogen) atoms. The van der Waals surface area contributed by atoms with Gasteiger partial charge in [0.1, 0.15) is 5.82 Å². The summed E-state index contributed by atoms with van der Waals surface area (Å²) >= 11 is 3.35. The molecule has 3 nitrogen and oxygen atoms in total. The maximum atomic E-state index is 14.1. The zero-order valence-electron chi connectivity index (χ0n) is 10.9. The van der Waals surface area contributed by atoms with Gasteiger partial charge >= 0.3 is 0 Å². The summed E-state index contributed by atoms with van der Waals surface area (Å²) in [6.07, 6.45) is 2.00. The second-order valence-corrected chi connectivity index (χ2v) is 5.76. The van der Waals surface area contributed by atoms with Crippen molar-refractivity contribution in [2.45, 2.75) is 38.3 Å². The fourth-order valence-corrected chi connectivity index (χ4v) is 3.07. The summed E-state index contributed by atoms with van der Waals surface area (Å²) in [4.78, 5) is 13.8. The lowest BCUT2D eigenvalue weighted by molar-refractivity contribution is -0.133. The van der Waals surface area contributed by atoms with E-state index in [-0.39, 0.29) is 23.8 Å². The smallest absolute Gasteiger partial charge is 0.223 e. The van der Waals surface area contributed by atoms with E-state index in [2.05, 4.69) is 15.9 Å². The van der Waals surface area contributed by atoms with E-state index in [0.29, 0.717) is 18.5 Å². The van der Waals surface area contributed by atoms with Gasteiger partial charge in [-0.3, -0.25) is 4.79 Å². The molecule has 104 valence electrons. The quantitative estimate of drug-likeness (QED) is 0.907. The third-order valence-corrected chi connectivity index (χ3v) is 4.10. The van der Waals surface area contributed by atoms with Gasteiger partial charge in [0.2, 0.25) is 5.91 Å². The molecule has 0 radical (unpaired) electrons. The van der Waals surface area contributed by atoms with Crippen LogP contribution >= 0.6 is 15.9 Å². The molecule has 1 fully saturated rings. The molecule has 0 spiro atoms. The van der Waals surface area contributed by atoms with E-state index in [1.165, 1.54) is 6.07 Å². The predicted octanol–water partition coefficient (Wildman–Crippen LogP) is 2.99. The fraction of sp³-hybridized carbons (Fsp3) is 0.500. The Labute approximate surface area is 121 Å². The number of carbonyl (C=O) groups is 1. The van der Waals surface area contributed by atoms with Crippen LogP contribution in [0.1, 0.15) is 37.8 Å². The van der Waals surface area contributed by atoms with Crippen LogP contribution in [0.2, 0.25) is 0 Å². The number of nitrogens with zero attached hydrogens (tertiary/aromatic N) is 1. The highest BCUT2D eigenvalue weighted by molar-refractivity contribution is 9.10. The number of amides is 1. The first-order valence-corrected chi connectivity index (χ1v) is 7.34. The lowest BCUT2D eigenvalue weighted by Crippen LogP contribution is -2.42. The molecule has 0 bridgehead atoms. The van der Waals surface area contributed by atoms with Crippen LogP contribution in [0.4, 0.5) is 4.39 Å². The summed E-state index contributed by atoms with van der Waals surface area (Å²) in [6.45, 7) is 2.45. The molecule has 1 aliphatic heterocycles. The van der Waals surface area contributed by atoms with Gasteiger partial charge < -0.3 is 10.6 Å². The van der Waals surface area contributed by atoms with Crippen molar-refractivity contribution in [1.82, 2.24) is 4.90 Å². The second kappa shape index (κ2) is 6.01. The predicted molar refractivity (Wildman–Crippen MR) is 76.1 cm³/mol. The van der Waals surface area contributed by atoms with Gasteiger partial charge in [0.05, 0.1) is 6.04 Å². The molecule has 0 aliphatic carbocycles. The Morgan fingerprint density at radius 3 is 2.95 bits per heavy atom. The van der Waals surface area contributed by atoms with E-state index >= 15 is 0 Å². The largest absolute Gasteiger partial charge is 0.334 e. The number of nitrogens with two attached hydrogens (primary N) is 1. The molecule has 1 aromatic rings. The number of hydrogen-bond donors (Lipinski definition) is 1. The Morgan fingerprint density at radius 2 is 2.26 bits per heavy atom. The van der Waals surface area contributed by atoms with Crippen LogP contribution in [0.3, 0.4) is 0 Å². The number of rotatable bonds is 2. The third-order valence-electron chi connectivity index (χ3n) is 3.61. The van der Waals surface area contributed by atoms with E-state index in [9.17, 15) is 9.18 Å². The monoisotopic (exact) mass is 328 g/mol. The first kappa shape index (κ1) is 14.5. The Hall–Kier alpha value is -0.940. The average molecular weight is 329 g/mol. The minimum absolute atomic E-state index is 0.0554. The zero-order valence-corrected chi connectivity index (χ0v) is 12.5. The topological polar surface area (TPSA) is 46.3 Å². The highest BCUT2D eigenvalue weighted by Gasteiger charge is 2.33. The SMILES string of the molecule is CCN1C(=O)CCCC(N)C1c1cc(Br)ccc1F. The fourth-order valence-electron chi connectivity index (χ4n) is 2.69. The lowest BCUT2D eigenvalue weighted by Gasteiger charge is -2.33. The normalized spacial score (nSPS) is 24.4. The molecule has 1 aliphatic rings. The van der Waals surface area contributed by atoms with Crippen molar-refractivity contribution >= 4 is 21.8 Å². The van der Waals surface area contributed by atoms with E-state index in [1.54, 1.807) is 17.0 Å². The average Bonchev–Trinajstić information content (AvgIpc) is 2.51. The number of hydrogen-bond acceptors (Lipinski definition) is 2. The van der Waals surface area contributed by atoms with Gasteiger partial charge in [-0.2, -0.15) is 0 Å². The molecular formula is C14H18BrFN2O. The number of likely N-dealkylation sites (tertiary alicyclic amines) is 1. The summed E-state index contributed by atoms with van der Waals surface area (Å²) in [7, 11) is 0. The molecule has 2 atom stereocenters. The maximum absolute atomic E-state index is 14.1. The van der Waals surface area contributed by atoms with Crippen molar-refractivity contribution in [2.75, 3.05) is 6.54 Å². The van der Waals surface area contributed by atoms with E-state index in [0.717, 1.165) is 17.3 Å². The minimum Gasteiger partial charge on any atom is -0.334 e. The maximum Gasteiger partial charge on any atom is 0.223 e. The second-order valence-electron chi connectivity index (χ2n) is 4.85. The van der Waals surface area contributed by atoms with Crippen LogP contribution in [0, 0.1) is 5.82 Å². The molecule has 1 aromatic carbocycles. The van der Waals surface area contributed by atoms with Crippen LogP contribution in [-0.4, -0.2) is 23.4 Å². The summed E-state index contributed by atoms with van der Waals surface area (Å²) in [5, 5.41) is 0. The van der Waals surface area contributed by atoms with Crippen LogP contribution in [0.15, 0.2) is 22.7 Å². The number of likely N-dealkylation sites (N-methyl/N-ethyl adjacent to an activating group) is 1. The van der Waals surface area contributed by atoms with Gasteiger partial charge in [-0.05, 0) is 38.0 Å². The Morgan fingerprint density at radius 1 is 1.53 bits per heavy atom. The molecule has 1 saturated heterocycles. The van der Waals surface area contributed by atoms with Crippen LogP contribution in [0.5, 0.6) is 0 Å². The molecule has 2 N–H and O–H groups in total. The first-order valence-electron chi connectivity index (χ1n) is 6.54. The number of benzene rings is 1. The summed E-state index contributed by atoms with van der Waals surface area (Å²) in [6, 6.07) is 4.18. The van der Waals surface area contributed by atoms with Crippen LogP contribution in [-0.2, 0) is 4.79 Å². The molecule has 5 heteroatoms. The van der Waals surface area contributed by atoms with Crippen molar-refractivity contribution in [3.63, 3.8) is 0 Å². The zero-order chi connectivity index (χ0) is 14.0. The van der Waals surface area contributed by atoms with Crippen LogP contribution < -0.4 is 5.73 Å². The van der Waals surface area contributed by atoms with Crippen molar-refractivity contribution in [3.8, 4) is 0 Å². The Bertz CT molecular complexity index is 481. The van der Waals surface area contributed by atoms with Gasteiger partial charge in [0, 0.05) is 29.0 Å². The Balaban J connectivity index is 2.47. The van der Waals surface area contributed by atoms with Gasteiger partial charge in [0.15, 0.2) is 0 Å². The Kier molecular flexibility index (Phi) is 4.58. The molecule has 2 unspecified atom stereocenters. The molecule has 0 aromatic heterocycles. The summed E-state index contributed by atoms with van der Waals surface area (Å²) in [5.41, 5.74) is 6.68. The third kappa shape index (κ3) is 2.98. The van der Waals surface area contributed by atoms with Gasteiger partial charge in [0.25, 0.3) is 0 Å². The lowest BCUT2D eigenvalue weighted by atomic mass is 9.96. The van der Waals surface area contributed by atoms with Crippen molar-refractivity contribution < 1.29 is 9.18 Å². The van der Waals surface area contributed by atoms with Crippen molar-refractivity contribution in [2.24, 2.45) is 5.73 Å². The van der Waals surface area contributed by atoms with E-state index < -0.39 is 0 Å². The standard InChI is InChI=1S/C14H18BrFN2O/c1-2-18-13(19)5-3-4-12(17)14(18)10-8-9(15)6-7-11(10)16/h6-8,12,14H,2-5,17H2,1H3. The molecule has 1 amide bonds. The van der Waals surface area contributed by atoms with Crippen molar-refractivity contribution in [3.05, 3.63) is 34.1 Å². The van der Waals surface area contributed by atoms with E-state index in [4.69, 9.17) is 5.73 Å². The number of halogens is 2. The summed E-state index contributed by atoms with van der Waals surface area (Å²) < 4.78 is 14.9. The van der Waals surface area contributed by atoms with Gasteiger partial charge in [-0.25, -0.2) is 4.39 Å². The highest BCUT2D eigenvalue weighted by atomic mass is 79.9. The number of carbonyl (C=O) groups excluding carboxylic acids is 1. The molecule has 1 heterocycles. The van der Waals surface area contributed by atoms with E-state index in [1.807, 2.05) is 6.92 Å². The minimum atomic E-state index is -0.377. The van der Waals surface area contributed by atoms with Gasteiger partial charge in [-0.1, -0.05) is 15.9 Å². The molecule has 2 rings (SSSR count). The van der Waals surface area contributed by atoms with Gasteiger partial charge in [-0.15, -0.1) is 0 Å². The van der Waals surface area contributed by atoms with Crippen LogP contribution in [0.25, 0.3) is 0 Å².